The van der Waals surface area contributed by atoms with E-state index in [0.717, 1.165) is 13.0 Å². The van der Waals surface area contributed by atoms with Crippen LogP contribution in [0.1, 0.15) is 25.0 Å². The lowest BCUT2D eigenvalue weighted by molar-refractivity contribution is 0.944. The van der Waals surface area contributed by atoms with Crippen molar-refractivity contribution < 1.29 is 0 Å². The predicted molar refractivity (Wildman–Crippen MR) is 57.3 cm³/mol. The second-order valence-electron chi connectivity index (χ2n) is 3.10. The molecule has 0 amide bonds. The fraction of sp³-hybridized carbons (Fsp3) is 0.545. The first-order valence-electron chi connectivity index (χ1n) is 4.94. The van der Waals surface area contributed by atoms with Gasteiger partial charge >= 0.3 is 0 Å². The van der Waals surface area contributed by atoms with E-state index in [1.54, 1.807) is 0 Å². The van der Waals surface area contributed by atoms with Gasteiger partial charge in [-0.05, 0) is 30.5 Å². The Balaban J connectivity index is 0.000000396. The topological polar surface area (TPSA) is 16.1 Å². The van der Waals surface area contributed by atoms with Crippen molar-refractivity contribution in [2.45, 2.75) is 27.2 Å². The summed E-state index contributed by atoms with van der Waals surface area (Å²) in [7, 11) is 2.10. The molecular formula is C11H18N2. The Hall–Kier alpha value is -1.05. The summed E-state index contributed by atoms with van der Waals surface area (Å²) in [5, 5.41) is 0. The minimum absolute atomic E-state index is 1.12. The van der Waals surface area contributed by atoms with Crippen molar-refractivity contribution in [1.82, 2.24) is 4.98 Å². The molecule has 13 heavy (non-hydrogen) atoms. The fourth-order valence-corrected chi connectivity index (χ4v) is 1.60. The summed E-state index contributed by atoms with van der Waals surface area (Å²) in [5.74, 6) is 1.17. The quantitative estimate of drug-likeness (QED) is 0.606. The number of rotatable bonds is 0. The van der Waals surface area contributed by atoms with Crippen LogP contribution in [0, 0.1) is 6.92 Å². The highest BCUT2D eigenvalue weighted by Gasteiger charge is 2.17. The average Bonchev–Trinajstić information content (AvgIpc) is 2.53. The zero-order chi connectivity index (χ0) is 9.84. The number of hydrogen-bond acceptors (Lipinski definition) is 2. The third-order valence-corrected chi connectivity index (χ3v) is 2.33. The first-order valence-corrected chi connectivity index (χ1v) is 4.94. The van der Waals surface area contributed by atoms with Gasteiger partial charge in [0.1, 0.15) is 5.82 Å². The van der Waals surface area contributed by atoms with Crippen molar-refractivity contribution in [2.75, 3.05) is 18.5 Å². The van der Waals surface area contributed by atoms with Crippen molar-refractivity contribution in [3.8, 4) is 0 Å². The number of pyridine rings is 1. The van der Waals surface area contributed by atoms with E-state index >= 15 is 0 Å². The zero-order valence-electron chi connectivity index (χ0n) is 8.96. The van der Waals surface area contributed by atoms with Gasteiger partial charge < -0.3 is 4.90 Å². The maximum Gasteiger partial charge on any atom is 0.131 e. The molecule has 0 bridgehead atoms. The number of aryl methyl sites for hydroxylation is 1. The minimum Gasteiger partial charge on any atom is -0.359 e. The van der Waals surface area contributed by atoms with Gasteiger partial charge in [0.05, 0.1) is 0 Å². The molecule has 1 aliphatic rings. The molecule has 0 aromatic carbocycles. The Morgan fingerprint density at radius 1 is 1.38 bits per heavy atom. The first kappa shape index (κ1) is 10.0. The van der Waals surface area contributed by atoms with Crippen LogP contribution in [0.2, 0.25) is 0 Å². The van der Waals surface area contributed by atoms with Crippen LogP contribution in [0.15, 0.2) is 12.3 Å². The molecule has 0 N–H and O–H groups in total. The van der Waals surface area contributed by atoms with Crippen molar-refractivity contribution in [1.29, 1.82) is 0 Å². The van der Waals surface area contributed by atoms with Crippen LogP contribution in [-0.2, 0) is 6.42 Å². The molecule has 0 saturated heterocycles. The Labute approximate surface area is 80.6 Å². The monoisotopic (exact) mass is 178 g/mol. The van der Waals surface area contributed by atoms with Gasteiger partial charge in [-0.25, -0.2) is 4.98 Å². The molecule has 0 radical (unpaired) electrons. The second kappa shape index (κ2) is 4.26. The van der Waals surface area contributed by atoms with Gasteiger partial charge in [-0.15, -0.1) is 0 Å². The maximum absolute atomic E-state index is 4.33. The van der Waals surface area contributed by atoms with Crippen molar-refractivity contribution in [3.63, 3.8) is 0 Å². The summed E-state index contributed by atoms with van der Waals surface area (Å²) < 4.78 is 0. The molecule has 2 heterocycles. The molecule has 72 valence electrons. The van der Waals surface area contributed by atoms with E-state index < -0.39 is 0 Å². The molecule has 2 heteroatoms. The largest absolute Gasteiger partial charge is 0.359 e. The molecule has 1 aromatic heterocycles. The fourth-order valence-electron chi connectivity index (χ4n) is 1.60. The van der Waals surface area contributed by atoms with Gasteiger partial charge in [-0.2, -0.15) is 0 Å². The van der Waals surface area contributed by atoms with Gasteiger partial charge in [-0.3, -0.25) is 0 Å². The van der Waals surface area contributed by atoms with Gasteiger partial charge in [0.25, 0.3) is 0 Å². The molecule has 0 unspecified atom stereocenters. The number of fused-ring (bicyclic) bond motifs is 1. The summed E-state index contributed by atoms with van der Waals surface area (Å²) in [5.41, 5.74) is 2.80. The third-order valence-electron chi connectivity index (χ3n) is 2.33. The Kier molecular flexibility index (Phi) is 3.29. The number of hydrogen-bond donors (Lipinski definition) is 0. The lowest BCUT2D eigenvalue weighted by Crippen LogP contribution is -2.13. The van der Waals surface area contributed by atoms with E-state index in [2.05, 4.69) is 29.9 Å². The SMILES string of the molecule is CC.Cc1ccnc2c1CCN2C. The number of nitrogens with zero attached hydrogens (tertiary/aromatic N) is 2. The molecule has 0 fully saturated rings. The summed E-state index contributed by atoms with van der Waals surface area (Å²) in [6.45, 7) is 7.27. The normalized spacial score (nSPS) is 13.4. The Morgan fingerprint density at radius 3 is 2.69 bits per heavy atom. The summed E-state index contributed by atoms with van der Waals surface area (Å²) in [6, 6.07) is 2.08. The van der Waals surface area contributed by atoms with Crippen LogP contribution in [0.4, 0.5) is 5.82 Å². The van der Waals surface area contributed by atoms with E-state index in [4.69, 9.17) is 0 Å². The molecule has 0 saturated carbocycles. The van der Waals surface area contributed by atoms with Crippen molar-refractivity contribution in [3.05, 3.63) is 23.4 Å². The van der Waals surface area contributed by atoms with Crippen LogP contribution in [-0.4, -0.2) is 18.6 Å². The van der Waals surface area contributed by atoms with Crippen molar-refractivity contribution in [2.24, 2.45) is 0 Å². The summed E-state index contributed by atoms with van der Waals surface area (Å²) in [6.07, 6.45) is 3.04. The van der Waals surface area contributed by atoms with E-state index in [0.29, 0.717) is 0 Å². The highest BCUT2D eigenvalue weighted by Crippen LogP contribution is 2.25. The predicted octanol–water partition coefficient (Wildman–Crippen LogP) is 2.41. The lowest BCUT2D eigenvalue weighted by atomic mass is 10.1. The second-order valence-corrected chi connectivity index (χ2v) is 3.10. The maximum atomic E-state index is 4.33. The smallest absolute Gasteiger partial charge is 0.131 e. The first-order chi connectivity index (χ1) is 6.29. The average molecular weight is 178 g/mol. The van der Waals surface area contributed by atoms with Crippen LogP contribution < -0.4 is 4.90 Å². The van der Waals surface area contributed by atoms with Crippen LogP contribution >= 0.6 is 0 Å². The lowest BCUT2D eigenvalue weighted by Gasteiger charge is -2.09. The molecule has 1 aromatic rings. The van der Waals surface area contributed by atoms with E-state index in [1.807, 2.05) is 20.0 Å². The summed E-state index contributed by atoms with van der Waals surface area (Å²) in [4.78, 5) is 6.54. The highest BCUT2D eigenvalue weighted by molar-refractivity contribution is 5.54. The van der Waals surface area contributed by atoms with Crippen molar-refractivity contribution >= 4 is 5.82 Å². The zero-order valence-corrected chi connectivity index (χ0v) is 8.96. The van der Waals surface area contributed by atoms with Crippen LogP contribution in [0.25, 0.3) is 0 Å². The van der Waals surface area contributed by atoms with Crippen LogP contribution in [0.5, 0.6) is 0 Å². The molecule has 1 aliphatic heterocycles. The molecular weight excluding hydrogens is 160 g/mol. The van der Waals surface area contributed by atoms with E-state index in [1.165, 1.54) is 16.9 Å². The standard InChI is InChI=1S/C9H12N2.C2H6/c1-7-3-5-10-9-8(7)4-6-11(9)2;1-2/h3,5H,4,6H2,1-2H3;1-2H3. The van der Waals surface area contributed by atoms with Crippen LogP contribution in [0.3, 0.4) is 0 Å². The molecule has 0 aliphatic carbocycles. The number of anilines is 1. The van der Waals surface area contributed by atoms with Gasteiger partial charge in [0.15, 0.2) is 0 Å². The van der Waals surface area contributed by atoms with E-state index in [-0.39, 0.29) is 0 Å². The van der Waals surface area contributed by atoms with Gasteiger partial charge in [0.2, 0.25) is 0 Å². The third kappa shape index (κ3) is 1.82. The minimum atomic E-state index is 1.12. The van der Waals surface area contributed by atoms with Gasteiger partial charge in [0, 0.05) is 19.8 Å². The molecule has 0 spiro atoms. The number of aromatic nitrogens is 1. The van der Waals surface area contributed by atoms with Gasteiger partial charge in [-0.1, -0.05) is 13.8 Å². The number of likely N-dealkylation sites (N-methyl/N-ethyl adjacent to an activating group) is 1. The Bertz CT molecular complexity index is 281. The molecule has 0 atom stereocenters. The highest BCUT2D eigenvalue weighted by atomic mass is 15.2. The van der Waals surface area contributed by atoms with E-state index in [9.17, 15) is 0 Å². The Morgan fingerprint density at radius 2 is 2.08 bits per heavy atom. The molecule has 2 nitrogen and oxygen atoms in total. The molecule has 2 rings (SSSR count). The summed E-state index contributed by atoms with van der Waals surface area (Å²) >= 11 is 0.